The average Bonchev–Trinajstić information content (AvgIpc) is 2.25. The van der Waals surface area contributed by atoms with Gasteiger partial charge in [0.05, 0.1) is 14.2 Å². The molecular weight excluding hydrogens is 178 g/mol. The largest absolute Gasteiger partial charge is 0.497 e. The summed E-state index contributed by atoms with van der Waals surface area (Å²) >= 11 is 0. The molecule has 0 aliphatic rings. The molecule has 3 heteroatoms. The summed E-state index contributed by atoms with van der Waals surface area (Å²) in [6, 6.07) is 6.20. The van der Waals surface area contributed by atoms with Gasteiger partial charge in [-0.05, 0) is 29.7 Å². The molecule has 0 saturated heterocycles. The van der Waals surface area contributed by atoms with E-state index in [1.54, 1.807) is 14.2 Å². The Morgan fingerprint density at radius 3 is 2.43 bits per heavy atom. The van der Waals surface area contributed by atoms with Crippen molar-refractivity contribution in [3.05, 3.63) is 29.3 Å². The van der Waals surface area contributed by atoms with Gasteiger partial charge < -0.3 is 9.57 Å². The summed E-state index contributed by atoms with van der Waals surface area (Å²) in [6.45, 7) is 2.82. The molecule has 0 unspecified atom stereocenters. The van der Waals surface area contributed by atoms with Gasteiger partial charge in [0.15, 0.2) is 0 Å². The summed E-state index contributed by atoms with van der Waals surface area (Å²) in [5, 5.41) is 0. The minimum atomic E-state index is 0.695. The molecule has 1 N–H and O–H groups in total. The van der Waals surface area contributed by atoms with Crippen molar-refractivity contribution in [2.45, 2.75) is 19.9 Å². The molecule has 1 rings (SSSR count). The molecule has 0 atom stereocenters. The molecular formula is C11H17NO2. The first kappa shape index (κ1) is 11.0. The second-order valence-corrected chi connectivity index (χ2v) is 3.07. The second-order valence-electron chi connectivity index (χ2n) is 3.07. The van der Waals surface area contributed by atoms with Crippen LogP contribution >= 0.6 is 0 Å². The molecule has 0 saturated carbocycles. The van der Waals surface area contributed by atoms with Crippen LogP contribution in [-0.4, -0.2) is 14.2 Å². The summed E-state index contributed by atoms with van der Waals surface area (Å²) in [5.74, 6) is 0.900. The molecule has 0 spiro atoms. The van der Waals surface area contributed by atoms with Crippen LogP contribution in [-0.2, 0) is 17.8 Å². The lowest BCUT2D eigenvalue weighted by Gasteiger charge is -2.08. The van der Waals surface area contributed by atoms with Gasteiger partial charge in [0.25, 0.3) is 0 Å². The Labute approximate surface area is 85.0 Å². The van der Waals surface area contributed by atoms with Gasteiger partial charge in [-0.2, -0.15) is 5.48 Å². The lowest BCUT2D eigenvalue weighted by atomic mass is 10.1. The number of nitrogens with one attached hydrogen (secondary N) is 1. The van der Waals surface area contributed by atoms with Crippen LogP contribution in [0, 0.1) is 0 Å². The fourth-order valence-corrected chi connectivity index (χ4v) is 1.31. The Morgan fingerprint density at radius 1 is 1.14 bits per heavy atom. The molecule has 0 aromatic heterocycles. The van der Waals surface area contributed by atoms with Gasteiger partial charge in [-0.1, -0.05) is 13.0 Å². The van der Waals surface area contributed by atoms with Crippen LogP contribution in [0.2, 0.25) is 0 Å². The van der Waals surface area contributed by atoms with Gasteiger partial charge in [-0.3, -0.25) is 0 Å². The summed E-state index contributed by atoms with van der Waals surface area (Å²) < 4.78 is 5.21. The van der Waals surface area contributed by atoms with Crippen LogP contribution in [0.3, 0.4) is 0 Å². The SMILES string of the molecule is CCc1cc(CNOC)cc(OC)c1. The number of aryl methyl sites for hydroxylation is 1. The molecule has 0 fully saturated rings. The zero-order chi connectivity index (χ0) is 10.4. The van der Waals surface area contributed by atoms with E-state index in [1.165, 1.54) is 11.1 Å². The third kappa shape index (κ3) is 3.01. The summed E-state index contributed by atoms with van der Waals surface area (Å²) in [7, 11) is 3.29. The van der Waals surface area contributed by atoms with Crippen molar-refractivity contribution in [1.29, 1.82) is 0 Å². The highest BCUT2D eigenvalue weighted by Crippen LogP contribution is 2.17. The summed E-state index contributed by atoms with van der Waals surface area (Å²) in [6.07, 6.45) is 1.01. The molecule has 0 heterocycles. The zero-order valence-electron chi connectivity index (χ0n) is 8.96. The normalized spacial score (nSPS) is 10.2. The second kappa shape index (κ2) is 5.62. The Morgan fingerprint density at radius 2 is 1.86 bits per heavy atom. The molecule has 3 nitrogen and oxygen atoms in total. The molecule has 78 valence electrons. The quantitative estimate of drug-likeness (QED) is 0.728. The van der Waals surface area contributed by atoms with Crippen molar-refractivity contribution in [1.82, 2.24) is 5.48 Å². The zero-order valence-corrected chi connectivity index (χ0v) is 8.96. The molecule has 0 aliphatic heterocycles. The standard InChI is InChI=1S/C11H17NO2/c1-4-9-5-10(8-12-14-3)7-11(6-9)13-2/h5-7,12H,4,8H2,1-3H3. The van der Waals surface area contributed by atoms with Crippen LogP contribution in [0.4, 0.5) is 0 Å². The van der Waals surface area contributed by atoms with Gasteiger partial charge in [0, 0.05) is 6.54 Å². The van der Waals surface area contributed by atoms with Gasteiger partial charge in [0.1, 0.15) is 5.75 Å². The van der Waals surface area contributed by atoms with Crippen LogP contribution in [0.25, 0.3) is 0 Å². The van der Waals surface area contributed by atoms with E-state index in [2.05, 4.69) is 24.5 Å². The van der Waals surface area contributed by atoms with E-state index < -0.39 is 0 Å². The number of rotatable bonds is 5. The fourth-order valence-electron chi connectivity index (χ4n) is 1.31. The summed E-state index contributed by atoms with van der Waals surface area (Å²) in [4.78, 5) is 4.80. The Kier molecular flexibility index (Phi) is 4.43. The van der Waals surface area contributed by atoms with Crippen LogP contribution in [0.15, 0.2) is 18.2 Å². The highest BCUT2D eigenvalue weighted by Gasteiger charge is 1.99. The maximum atomic E-state index is 5.21. The summed E-state index contributed by atoms with van der Waals surface area (Å²) in [5.41, 5.74) is 5.26. The van der Waals surface area contributed by atoms with Crippen molar-refractivity contribution in [2.24, 2.45) is 0 Å². The van der Waals surface area contributed by atoms with Crippen molar-refractivity contribution in [2.75, 3.05) is 14.2 Å². The third-order valence-electron chi connectivity index (χ3n) is 2.09. The van der Waals surface area contributed by atoms with Crippen molar-refractivity contribution in [3.8, 4) is 5.75 Å². The van der Waals surface area contributed by atoms with Crippen LogP contribution in [0.1, 0.15) is 18.1 Å². The fraction of sp³-hybridized carbons (Fsp3) is 0.455. The van der Waals surface area contributed by atoms with Gasteiger partial charge in [-0.15, -0.1) is 0 Å². The Balaban J connectivity index is 2.81. The molecule has 0 aliphatic carbocycles. The maximum absolute atomic E-state index is 5.21. The highest BCUT2D eigenvalue weighted by atomic mass is 16.6. The topological polar surface area (TPSA) is 30.5 Å². The van der Waals surface area contributed by atoms with Gasteiger partial charge >= 0.3 is 0 Å². The first-order valence-corrected chi connectivity index (χ1v) is 4.72. The first-order valence-electron chi connectivity index (χ1n) is 4.72. The van der Waals surface area contributed by atoms with E-state index in [9.17, 15) is 0 Å². The number of methoxy groups -OCH3 is 1. The molecule has 0 bridgehead atoms. The number of hydroxylamine groups is 1. The van der Waals surface area contributed by atoms with Gasteiger partial charge in [0.2, 0.25) is 0 Å². The molecule has 14 heavy (non-hydrogen) atoms. The first-order chi connectivity index (χ1) is 6.80. The van der Waals surface area contributed by atoms with E-state index in [4.69, 9.17) is 9.57 Å². The minimum Gasteiger partial charge on any atom is -0.497 e. The lowest BCUT2D eigenvalue weighted by molar-refractivity contribution is 0.0866. The Bertz CT molecular complexity index is 264. The molecule has 1 aromatic carbocycles. The predicted octanol–water partition coefficient (Wildman–Crippen LogP) is 1.91. The smallest absolute Gasteiger partial charge is 0.119 e. The Hall–Kier alpha value is -1.06. The van der Waals surface area contributed by atoms with Crippen molar-refractivity contribution in [3.63, 3.8) is 0 Å². The lowest BCUT2D eigenvalue weighted by Crippen LogP contribution is -2.11. The van der Waals surface area contributed by atoms with E-state index in [-0.39, 0.29) is 0 Å². The molecule has 0 radical (unpaired) electrons. The van der Waals surface area contributed by atoms with Crippen molar-refractivity contribution < 1.29 is 9.57 Å². The van der Waals surface area contributed by atoms with Crippen molar-refractivity contribution >= 4 is 0 Å². The monoisotopic (exact) mass is 195 g/mol. The van der Waals surface area contributed by atoms with Crippen LogP contribution < -0.4 is 10.2 Å². The number of hydrogen-bond donors (Lipinski definition) is 1. The third-order valence-corrected chi connectivity index (χ3v) is 2.09. The maximum Gasteiger partial charge on any atom is 0.119 e. The van der Waals surface area contributed by atoms with Gasteiger partial charge in [-0.25, -0.2) is 0 Å². The molecule has 0 amide bonds. The van der Waals surface area contributed by atoms with E-state index in [1.807, 2.05) is 6.07 Å². The molecule has 1 aromatic rings. The minimum absolute atomic E-state index is 0.695. The number of benzene rings is 1. The van der Waals surface area contributed by atoms with Crippen LogP contribution in [0.5, 0.6) is 5.75 Å². The predicted molar refractivity (Wildman–Crippen MR) is 56.2 cm³/mol. The van der Waals surface area contributed by atoms with E-state index in [0.717, 1.165) is 12.2 Å². The highest BCUT2D eigenvalue weighted by molar-refractivity contribution is 5.34. The number of ether oxygens (including phenoxy) is 1. The average molecular weight is 195 g/mol. The van der Waals surface area contributed by atoms with E-state index in [0.29, 0.717) is 6.54 Å². The number of hydrogen-bond acceptors (Lipinski definition) is 3. The van der Waals surface area contributed by atoms with E-state index >= 15 is 0 Å².